The van der Waals surface area contributed by atoms with Gasteiger partial charge in [0.25, 0.3) is 0 Å². The van der Waals surface area contributed by atoms with Gasteiger partial charge in [0.15, 0.2) is 0 Å². The van der Waals surface area contributed by atoms with Crippen molar-refractivity contribution in [2.75, 3.05) is 30.7 Å². The number of nitrogens with one attached hydrogen (secondary N) is 1. The zero-order chi connectivity index (χ0) is 14.5. The van der Waals surface area contributed by atoms with Crippen LogP contribution in [0.1, 0.15) is 19.3 Å². The van der Waals surface area contributed by atoms with E-state index < -0.39 is 0 Å². The summed E-state index contributed by atoms with van der Waals surface area (Å²) in [7, 11) is 0. The van der Waals surface area contributed by atoms with Gasteiger partial charge in [-0.25, -0.2) is 0 Å². The van der Waals surface area contributed by atoms with Gasteiger partial charge in [-0.1, -0.05) is 11.6 Å². The van der Waals surface area contributed by atoms with Crippen molar-refractivity contribution in [1.82, 2.24) is 4.90 Å². The summed E-state index contributed by atoms with van der Waals surface area (Å²) >= 11 is 5.83. The van der Waals surface area contributed by atoms with Crippen LogP contribution in [0.25, 0.3) is 0 Å². The van der Waals surface area contributed by atoms with Crippen LogP contribution >= 0.6 is 11.6 Å². The first-order chi connectivity index (χ1) is 9.60. The van der Waals surface area contributed by atoms with Crippen molar-refractivity contribution in [3.05, 3.63) is 23.2 Å². The summed E-state index contributed by atoms with van der Waals surface area (Å²) in [6.45, 7) is 1.78. The lowest BCUT2D eigenvalue weighted by Gasteiger charge is -2.22. The molecular weight excluding hydrogens is 278 g/mol. The lowest BCUT2D eigenvalue weighted by atomic mass is 10.2. The van der Waals surface area contributed by atoms with Crippen LogP contribution in [0.15, 0.2) is 18.2 Å². The number of rotatable bonds is 5. The molecule has 4 N–H and O–H groups in total. The van der Waals surface area contributed by atoms with Gasteiger partial charge in [-0.05, 0) is 37.6 Å². The van der Waals surface area contributed by atoms with E-state index >= 15 is 0 Å². The summed E-state index contributed by atoms with van der Waals surface area (Å²) < 4.78 is 0. The van der Waals surface area contributed by atoms with Crippen molar-refractivity contribution in [3.8, 4) is 0 Å². The zero-order valence-electron chi connectivity index (χ0n) is 11.3. The average Bonchev–Trinajstić information content (AvgIpc) is 2.88. The van der Waals surface area contributed by atoms with E-state index in [1.807, 2.05) is 0 Å². The van der Waals surface area contributed by atoms with Gasteiger partial charge >= 0.3 is 0 Å². The lowest BCUT2D eigenvalue weighted by molar-refractivity contribution is -0.116. The monoisotopic (exact) mass is 297 g/mol. The quantitative estimate of drug-likeness (QED) is 0.723. The summed E-state index contributed by atoms with van der Waals surface area (Å²) in [5, 5.41) is 12.5. The number of nitrogens with two attached hydrogens (primary N) is 1. The van der Waals surface area contributed by atoms with Crippen molar-refractivity contribution in [3.63, 3.8) is 0 Å². The fourth-order valence-corrected chi connectivity index (χ4v) is 2.60. The molecule has 1 aliphatic heterocycles. The minimum Gasteiger partial charge on any atom is -0.397 e. The van der Waals surface area contributed by atoms with Crippen molar-refractivity contribution in [2.45, 2.75) is 25.3 Å². The number of amides is 1. The Morgan fingerprint density at radius 3 is 3.05 bits per heavy atom. The molecule has 1 saturated heterocycles. The number of aliphatic hydroxyl groups is 1. The second kappa shape index (κ2) is 6.92. The summed E-state index contributed by atoms with van der Waals surface area (Å²) in [5.74, 6) is -0.0599. The fraction of sp³-hybridized carbons (Fsp3) is 0.500. The number of nitrogens with zero attached hydrogens (tertiary/aromatic N) is 1. The fourth-order valence-electron chi connectivity index (χ4n) is 2.49. The molecule has 0 saturated carbocycles. The molecule has 1 heterocycles. The second-order valence-electron chi connectivity index (χ2n) is 5.05. The molecule has 1 aromatic carbocycles. The molecule has 0 bridgehead atoms. The number of benzene rings is 1. The van der Waals surface area contributed by atoms with E-state index in [-0.39, 0.29) is 18.6 Å². The third kappa shape index (κ3) is 3.85. The molecule has 0 aliphatic carbocycles. The minimum absolute atomic E-state index is 0.0599. The van der Waals surface area contributed by atoms with Crippen LogP contribution in [0.3, 0.4) is 0 Å². The second-order valence-corrected chi connectivity index (χ2v) is 5.46. The van der Waals surface area contributed by atoms with Gasteiger partial charge in [-0.2, -0.15) is 0 Å². The van der Waals surface area contributed by atoms with E-state index in [1.54, 1.807) is 18.2 Å². The molecule has 1 fully saturated rings. The van der Waals surface area contributed by atoms with Gasteiger partial charge < -0.3 is 16.2 Å². The summed E-state index contributed by atoms with van der Waals surface area (Å²) in [6.07, 6.45) is 2.49. The maximum absolute atomic E-state index is 11.9. The highest BCUT2D eigenvalue weighted by Gasteiger charge is 2.23. The summed E-state index contributed by atoms with van der Waals surface area (Å²) in [5.41, 5.74) is 6.79. The Bertz CT molecular complexity index is 481. The molecule has 1 amide bonds. The lowest BCUT2D eigenvalue weighted by Crippen LogP contribution is -2.34. The van der Waals surface area contributed by atoms with Gasteiger partial charge in [-0.15, -0.1) is 0 Å². The van der Waals surface area contributed by atoms with Gasteiger partial charge in [0.1, 0.15) is 0 Å². The summed E-state index contributed by atoms with van der Waals surface area (Å²) in [4.78, 5) is 14.0. The number of anilines is 2. The molecule has 1 aromatic rings. The smallest absolute Gasteiger partial charge is 0.225 e. The van der Waals surface area contributed by atoms with Gasteiger partial charge in [0.05, 0.1) is 17.3 Å². The third-order valence-electron chi connectivity index (χ3n) is 3.62. The van der Waals surface area contributed by atoms with Gasteiger partial charge in [0.2, 0.25) is 5.91 Å². The minimum atomic E-state index is -0.0599. The van der Waals surface area contributed by atoms with Crippen molar-refractivity contribution in [1.29, 1.82) is 0 Å². The highest BCUT2D eigenvalue weighted by Crippen LogP contribution is 2.22. The Kier molecular flexibility index (Phi) is 5.23. The predicted octanol–water partition coefficient (Wildman–Crippen LogP) is 1.71. The largest absolute Gasteiger partial charge is 0.397 e. The van der Waals surface area contributed by atoms with E-state index in [4.69, 9.17) is 17.3 Å². The van der Waals surface area contributed by atoms with Crippen molar-refractivity contribution < 1.29 is 9.90 Å². The molecule has 110 valence electrons. The van der Waals surface area contributed by atoms with Crippen LogP contribution < -0.4 is 11.1 Å². The number of carbonyl (C=O) groups is 1. The Hall–Kier alpha value is -1.30. The molecule has 0 radical (unpaired) electrons. The van der Waals surface area contributed by atoms with Crippen LogP contribution in [0.4, 0.5) is 11.4 Å². The number of aliphatic hydroxyl groups excluding tert-OH is 1. The number of likely N-dealkylation sites (tertiary alicyclic amines) is 1. The number of hydrogen-bond donors (Lipinski definition) is 3. The molecule has 5 nitrogen and oxygen atoms in total. The van der Waals surface area contributed by atoms with Gasteiger partial charge in [-0.3, -0.25) is 9.69 Å². The molecule has 0 spiro atoms. The maximum Gasteiger partial charge on any atom is 0.225 e. The number of halogens is 1. The first-order valence-corrected chi connectivity index (χ1v) is 7.17. The van der Waals surface area contributed by atoms with E-state index in [2.05, 4.69) is 10.2 Å². The molecule has 1 unspecified atom stereocenters. The standard InChI is InChI=1S/C14H20ClN3O2/c15-12-4-3-10(8-13(12)16)17-14(20)5-7-18-6-1-2-11(18)9-19/h3-4,8,11,19H,1-2,5-7,9,16H2,(H,17,20). The SMILES string of the molecule is Nc1cc(NC(=O)CCN2CCCC2CO)ccc1Cl. The van der Waals surface area contributed by atoms with E-state index in [0.717, 1.165) is 19.4 Å². The zero-order valence-corrected chi connectivity index (χ0v) is 12.1. The summed E-state index contributed by atoms with van der Waals surface area (Å²) in [6, 6.07) is 5.23. The van der Waals surface area contributed by atoms with E-state index in [1.165, 1.54) is 0 Å². The van der Waals surface area contributed by atoms with Crippen LogP contribution in [0.2, 0.25) is 5.02 Å². The normalized spacial score (nSPS) is 19.2. The van der Waals surface area contributed by atoms with Crippen molar-refractivity contribution >= 4 is 28.9 Å². The molecule has 1 aliphatic rings. The van der Waals surface area contributed by atoms with Crippen molar-refractivity contribution in [2.24, 2.45) is 0 Å². The highest BCUT2D eigenvalue weighted by molar-refractivity contribution is 6.33. The number of carbonyl (C=O) groups excluding carboxylic acids is 1. The Labute approximate surface area is 123 Å². The molecule has 2 rings (SSSR count). The molecule has 20 heavy (non-hydrogen) atoms. The molecule has 6 heteroatoms. The first-order valence-electron chi connectivity index (χ1n) is 6.80. The van der Waals surface area contributed by atoms with Gasteiger partial charge in [0, 0.05) is 24.7 Å². The molecule has 0 aromatic heterocycles. The topological polar surface area (TPSA) is 78.6 Å². The highest BCUT2D eigenvalue weighted by atomic mass is 35.5. The number of nitrogen functional groups attached to an aromatic ring is 1. The van der Waals surface area contributed by atoms with Crippen LogP contribution in [-0.2, 0) is 4.79 Å². The Morgan fingerprint density at radius 1 is 1.55 bits per heavy atom. The van der Waals surface area contributed by atoms with Crippen LogP contribution in [0.5, 0.6) is 0 Å². The molecular formula is C14H20ClN3O2. The first kappa shape index (κ1) is 15.1. The van der Waals surface area contributed by atoms with Crippen LogP contribution in [0, 0.1) is 0 Å². The third-order valence-corrected chi connectivity index (χ3v) is 3.96. The average molecular weight is 298 g/mol. The molecule has 1 atom stereocenters. The number of hydrogen-bond acceptors (Lipinski definition) is 4. The van der Waals surface area contributed by atoms with E-state index in [0.29, 0.717) is 29.4 Å². The van der Waals surface area contributed by atoms with E-state index in [9.17, 15) is 9.90 Å². The Balaban J connectivity index is 1.81. The maximum atomic E-state index is 11.9. The van der Waals surface area contributed by atoms with Crippen LogP contribution in [-0.4, -0.2) is 41.7 Å². The predicted molar refractivity (Wildman–Crippen MR) is 80.8 cm³/mol. The Morgan fingerprint density at radius 2 is 2.35 bits per heavy atom.